The zero-order valence-electron chi connectivity index (χ0n) is 9.73. The molecule has 0 spiro atoms. The molecule has 2 heterocycles. The average molecular weight is 231 g/mol. The molecule has 3 nitrogen and oxygen atoms in total. The molecule has 90 valence electrons. The first kappa shape index (κ1) is 10.8. The van der Waals surface area contributed by atoms with Crippen LogP contribution in [0.4, 0.5) is 0 Å². The van der Waals surface area contributed by atoms with Gasteiger partial charge in [0.05, 0.1) is 0 Å². The normalized spacial score (nSPS) is 22.8. The smallest absolute Gasteiger partial charge is 0.134 e. The topological polar surface area (TPSA) is 45.4 Å². The molecule has 2 atom stereocenters. The maximum Gasteiger partial charge on any atom is 0.134 e. The Kier molecular flexibility index (Phi) is 2.87. The zero-order valence-corrected chi connectivity index (χ0v) is 9.73. The Hall–Kier alpha value is -1.32. The maximum absolute atomic E-state index is 10.3. The third-order valence-electron chi connectivity index (χ3n) is 3.52. The number of rotatable bonds is 2. The van der Waals surface area contributed by atoms with Gasteiger partial charge in [0, 0.05) is 17.8 Å². The summed E-state index contributed by atoms with van der Waals surface area (Å²) in [5.74, 6) is 0.962. The van der Waals surface area contributed by atoms with Gasteiger partial charge in [0.2, 0.25) is 0 Å². The summed E-state index contributed by atoms with van der Waals surface area (Å²) < 4.78 is 5.71. The molecule has 2 N–H and O–H groups in total. The second kappa shape index (κ2) is 4.51. The number of benzene rings is 1. The number of nitrogens with one attached hydrogen (secondary N) is 1. The van der Waals surface area contributed by atoms with E-state index in [2.05, 4.69) is 5.32 Å². The van der Waals surface area contributed by atoms with E-state index in [9.17, 15) is 5.11 Å². The predicted molar refractivity (Wildman–Crippen MR) is 66.8 cm³/mol. The van der Waals surface area contributed by atoms with Gasteiger partial charge in [-0.2, -0.15) is 0 Å². The molecule has 0 amide bonds. The van der Waals surface area contributed by atoms with Gasteiger partial charge in [-0.25, -0.2) is 0 Å². The van der Waals surface area contributed by atoms with Gasteiger partial charge in [-0.15, -0.1) is 0 Å². The van der Waals surface area contributed by atoms with Gasteiger partial charge < -0.3 is 14.8 Å². The van der Waals surface area contributed by atoms with Crippen molar-refractivity contribution < 1.29 is 9.52 Å². The lowest BCUT2D eigenvalue weighted by Crippen LogP contribution is -2.33. The van der Waals surface area contributed by atoms with Crippen LogP contribution in [0.3, 0.4) is 0 Å². The van der Waals surface area contributed by atoms with Crippen molar-refractivity contribution in [2.75, 3.05) is 13.1 Å². The van der Waals surface area contributed by atoms with Crippen LogP contribution < -0.4 is 5.32 Å². The standard InChI is InChI=1S/C14H17NO2/c16-14(11-5-3-7-15-9-11)13-8-10-4-1-2-6-12(10)17-13/h1-2,4,6,8,11,14-16H,3,5,7,9H2/t11-,14-/m0/s1. The lowest BCUT2D eigenvalue weighted by Gasteiger charge is -2.25. The van der Waals surface area contributed by atoms with Crippen LogP contribution in [-0.4, -0.2) is 18.2 Å². The lowest BCUT2D eigenvalue weighted by atomic mass is 9.92. The third-order valence-corrected chi connectivity index (χ3v) is 3.52. The fraction of sp³-hybridized carbons (Fsp3) is 0.429. The third kappa shape index (κ3) is 2.08. The van der Waals surface area contributed by atoms with Crippen LogP contribution >= 0.6 is 0 Å². The molecule has 1 fully saturated rings. The van der Waals surface area contributed by atoms with Crippen molar-refractivity contribution in [3.63, 3.8) is 0 Å². The molecule has 0 radical (unpaired) electrons. The van der Waals surface area contributed by atoms with E-state index in [0.717, 1.165) is 36.9 Å². The van der Waals surface area contributed by atoms with E-state index in [0.29, 0.717) is 5.76 Å². The van der Waals surface area contributed by atoms with Crippen molar-refractivity contribution in [3.05, 3.63) is 36.1 Å². The molecule has 1 saturated heterocycles. The van der Waals surface area contributed by atoms with E-state index in [4.69, 9.17) is 4.42 Å². The molecule has 1 aromatic carbocycles. The van der Waals surface area contributed by atoms with E-state index in [1.807, 2.05) is 30.3 Å². The van der Waals surface area contributed by atoms with Crippen molar-refractivity contribution >= 4 is 11.0 Å². The van der Waals surface area contributed by atoms with Crippen LogP contribution in [0.15, 0.2) is 34.7 Å². The van der Waals surface area contributed by atoms with Gasteiger partial charge in [0.15, 0.2) is 0 Å². The molecule has 1 aromatic heterocycles. The second-order valence-corrected chi connectivity index (χ2v) is 4.74. The highest BCUT2D eigenvalue weighted by Gasteiger charge is 2.25. The largest absolute Gasteiger partial charge is 0.458 e. The summed E-state index contributed by atoms with van der Waals surface area (Å²) in [6.07, 6.45) is 1.70. The number of aliphatic hydroxyl groups excluding tert-OH is 1. The van der Waals surface area contributed by atoms with E-state index in [1.165, 1.54) is 0 Å². The van der Waals surface area contributed by atoms with E-state index in [1.54, 1.807) is 0 Å². The zero-order chi connectivity index (χ0) is 11.7. The van der Waals surface area contributed by atoms with Crippen LogP contribution in [-0.2, 0) is 0 Å². The average Bonchev–Trinajstić information content (AvgIpc) is 2.82. The van der Waals surface area contributed by atoms with E-state index in [-0.39, 0.29) is 5.92 Å². The SMILES string of the molecule is O[C@H](c1cc2ccccc2o1)[C@H]1CCCNC1. The summed E-state index contributed by atoms with van der Waals surface area (Å²) in [7, 11) is 0. The van der Waals surface area contributed by atoms with Crippen LogP contribution in [0.5, 0.6) is 0 Å². The van der Waals surface area contributed by atoms with Gasteiger partial charge in [-0.1, -0.05) is 18.2 Å². The Morgan fingerprint density at radius 1 is 1.35 bits per heavy atom. The molecular weight excluding hydrogens is 214 g/mol. The Balaban J connectivity index is 1.86. The summed E-state index contributed by atoms with van der Waals surface area (Å²) in [5.41, 5.74) is 0.852. The van der Waals surface area contributed by atoms with Crippen molar-refractivity contribution in [3.8, 4) is 0 Å². The van der Waals surface area contributed by atoms with Crippen molar-refractivity contribution in [2.24, 2.45) is 5.92 Å². The highest BCUT2D eigenvalue weighted by Crippen LogP contribution is 2.31. The van der Waals surface area contributed by atoms with Gasteiger partial charge in [0.25, 0.3) is 0 Å². The van der Waals surface area contributed by atoms with Crippen molar-refractivity contribution in [1.82, 2.24) is 5.32 Å². The van der Waals surface area contributed by atoms with Crippen LogP contribution in [0.1, 0.15) is 24.7 Å². The lowest BCUT2D eigenvalue weighted by molar-refractivity contribution is 0.0735. The quantitative estimate of drug-likeness (QED) is 0.834. The minimum absolute atomic E-state index is 0.268. The summed E-state index contributed by atoms with van der Waals surface area (Å²) >= 11 is 0. The Bertz CT molecular complexity index is 467. The Morgan fingerprint density at radius 2 is 2.24 bits per heavy atom. The molecule has 0 aliphatic carbocycles. The minimum Gasteiger partial charge on any atom is -0.458 e. The van der Waals surface area contributed by atoms with Crippen molar-refractivity contribution in [1.29, 1.82) is 0 Å². The molecule has 3 heteroatoms. The number of fused-ring (bicyclic) bond motifs is 1. The second-order valence-electron chi connectivity index (χ2n) is 4.74. The number of hydrogen-bond acceptors (Lipinski definition) is 3. The van der Waals surface area contributed by atoms with Gasteiger partial charge in [-0.3, -0.25) is 0 Å². The number of hydrogen-bond donors (Lipinski definition) is 2. The van der Waals surface area contributed by atoms with Crippen LogP contribution in [0.2, 0.25) is 0 Å². The summed E-state index contributed by atoms with van der Waals surface area (Å²) in [6, 6.07) is 9.83. The van der Waals surface area contributed by atoms with E-state index < -0.39 is 6.10 Å². The van der Waals surface area contributed by atoms with E-state index >= 15 is 0 Å². The first-order valence-electron chi connectivity index (χ1n) is 6.22. The molecule has 3 rings (SSSR count). The fourth-order valence-electron chi connectivity index (χ4n) is 2.53. The monoisotopic (exact) mass is 231 g/mol. The van der Waals surface area contributed by atoms with Crippen molar-refractivity contribution in [2.45, 2.75) is 18.9 Å². The first-order valence-corrected chi connectivity index (χ1v) is 6.22. The molecule has 0 unspecified atom stereocenters. The van der Waals surface area contributed by atoms with Gasteiger partial charge in [0.1, 0.15) is 17.4 Å². The highest BCUT2D eigenvalue weighted by molar-refractivity contribution is 5.77. The number of aliphatic hydroxyl groups is 1. The molecule has 2 aromatic rings. The molecule has 17 heavy (non-hydrogen) atoms. The molecule has 1 aliphatic heterocycles. The van der Waals surface area contributed by atoms with Gasteiger partial charge in [-0.05, 0) is 31.5 Å². The van der Waals surface area contributed by atoms with Crippen LogP contribution in [0.25, 0.3) is 11.0 Å². The highest BCUT2D eigenvalue weighted by atomic mass is 16.4. The number of para-hydroxylation sites is 1. The molecule has 0 bridgehead atoms. The Labute approximate surface area is 100 Å². The van der Waals surface area contributed by atoms with Crippen LogP contribution in [0, 0.1) is 5.92 Å². The number of furan rings is 1. The summed E-state index contributed by atoms with van der Waals surface area (Å²) in [5, 5.41) is 14.7. The number of piperidine rings is 1. The molecule has 1 aliphatic rings. The summed E-state index contributed by atoms with van der Waals surface area (Å²) in [4.78, 5) is 0. The summed E-state index contributed by atoms with van der Waals surface area (Å²) in [6.45, 7) is 1.93. The molecule has 0 saturated carbocycles. The fourth-order valence-corrected chi connectivity index (χ4v) is 2.53. The minimum atomic E-state index is -0.491. The molecular formula is C14H17NO2. The predicted octanol–water partition coefficient (Wildman–Crippen LogP) is 2.47. The Morgan fingerprint density at radius 3 is 3.00 bits per heavy atom. The maximum atomic E-state index is 10.3. The van der Waals surface area contributed by atoms with Gasteiger partial charge >= 0.3 is 0 Å². The first-order chi connectivity index (χ1) is 8.34.